The summed E-state index contributed by atoms with van der Waals surface area (Å²) in [5.74, 6) is 0.627. The smallest absolute Gasteiger partial charge is 0.230 e. The highest BCUT2D eigenvalue weighted by Crippen LogP contribution is 2.41. The van der Waals surface area contributed by atoms with E-state index in [2.05, 4.69) is 0 Å². The first-order chi connectivity index (χ1) is 8.51. The molecular weight excluding hydrogens is 234 g/mol. The molecule has 0 amide bonds. The number of benzene rings is 1. The Morgan fingerprint density at radius 3 is 2.44 bits per heavy atom. The van der Waals surface area contributed by atoms with E-state index < -0.39 is 0 Å². The van der Waals surface area contributed by atoms with Crippen LogP contribution in [0.3, 0.4) is 0 Å². The minimum absolute atomic E-state index is 0.0129. The maximum atomic E-state index is 12.2. The Kier molecular flexibility index (Phi) is 2.90. The maximum absolute atomic E-state index is 12.2. The lowest BCUT2D eigenvalue weighted by Gasteiger charge is -2.17. The Labute approximate surface area is 105 Å². The average Bonchev–Trinajstić information content (AvgIpc) is 2.35. The number of aryl methyl sites for hydroxylation is 1. The first-order valence-corrected chi connectivity index (χ1v) is 5.44. The molecule has 0 saturated heterocycles. The van der Waals surface area contributed by atoms with Crippen LogP contribution in [0.5, 0.6) is 17.2 Å². The SMILES string of the molecule is COc1cn(C)cc2c(=O)c(OC)c(C)c(O)c1-2. The fourth-order valence-electron chi connectivity index (χ4n) is 2.09. The van der Waals surface area contributed by atoms with Gasteiger partial charge in [-0.1, -0.05) is 0 Å². The number of ether oxygens (including phenoxy) is 2. The van der Waals surface area contributed by atoms with Gasteiger partial charge in [0.15, 0.2) is 5.75 Å². The van der Waals surface area contributed by atoms with Gasteiger partial charge in [-0.15, -0.1) is 0 Å². The van der Waals surface area contributed by atoms with Crippen molar-refractivity contribution >= 4 is 0 Å². The third-order valence-electron chi connectivity index (χ3n) is 2.98. The lowest BCUT2D eigenvalue weighted by atomic mass is 9.99. The van der Waals surface area contributed by atoms with Gasteiger partial charge >= 0.3 is 0 Å². The van der Waals surface area contributed by atoms with E-state index in [0.29, 0.717) is 22.4 Å². The van der Waals surface area contributed by atoms with Crippen molar-refractivity contribution in [3.63, 3.8) is 0 Å². The summed E-state index contributed by atoms with van der Waals surface area (Å²) < 4.78 is 12.0. The Balaban J connectivity index is 3.01. The van der Waals surface area contributed by atoms with Gasteiger partial charge in [-0.2, -0.15) is 0 Å². The number of phenolic OH excluding ortho intramolecular Hbond substituents is 1. The largest absolute Gasteiger partial charge is 0.507 e. The van der Waals surface area contributed by atoms with E-state index in [4.69, 9.17) is 9.47 Å². The monoisotopic (exact) mass is 249 g/mol. The fourth-order valence-corrected chi connectivity index (χ4v) is 2.09. The summed E-state index contributed by atoms with van der Waals surface area (Å²) in [4.78, 5) is 12.2. The molecule has 0 saturated carbocycles. The highest BCUT2D eigenvalue weighted by atomic mass is 16.5. The molecule has 2 rings (SSSR count). The van der Waals surface area contributed by atoms with Gasteiger partial charge in [0.25, 0.3) is 0 Å². The number of hydrogen-bond acceptors (Lipinski definition) is 4. The molecule has 0 aromatic carbocycles. The number of phenols is 1. The number of fused-ring (bicyclic) bond motifs is 1. The molecule has 1 aliphatic carbocycles. The molecule has 1 aliphatic heterocycles. The van der Waals surface area contributed by atoms with E-state index in [9.17, 15) is 9.90 Å². The molecule has 0 atom stereocenters. The van der Waals surface area contributed by atoms with Crippen molar-refractivity contribution in [2.24, 2.45) is 7.05 Å². The van der Waals surface area contributed by atoms with Gasteiger partial charge in [0, 0.05) is 25.0 Å². The second-order valence-electron chi connectivity index (χ2n) is 4.12. The number of nitrogens with zero attached hydrogens (tertiary/aromatic N) is 1. The molecule has 2 aliphatic rings. The van der Waals surface area contributed by atoms with Crippen molar-refractivity contribution in [2.45, 2.75) is 6.92 Å². The second kappa shape index (κ2) is 4.25. The van der Waals surface area contributed by atoms with Crippen LogP contribution < -0.4 is 14.9 Å². The zero-order valence-corrected chi connectivity index (χ0v) is 10.8. The summed E-state index contributed by atoms with van der Waals surface area (Å²) >= 11 is 0. The number of aromatic nitrogens is 1. The van der Waals surface area contributed by atoms with Crippen molar-refractivity contribution in [2.75, 3.05) is 14.2 Å². The van der Waals surface area contributed by atoms with Crippen molar-refractivity contribution < 1.29 is 14.6 Å². The summed E-state index contributed by atoms with van der Waals surface area (Å²) in [6, 6.07) is 0. The van der Waals surface area contributed by atoms with Gasteiger partial charge in [0.05, 0.1) is 25.3 Å². The van der Waals surface area contributed by atoms with Crippen LogP contribution in [0.1, 0.15) is 5.56 Å². The highest BCUT2D eigenvalue weighted by Gasteiger charge is 2.24. The third kappa shape index (κ3) is 1.59. The minimum Gasteiger partial charge on any atom is -0.507 e. The van der Waals surface area contributed by atoms with Gasteiger partial charge in [0.1, 0.15) is 11.5 Å². The molecule has 0 fully saturated rings. The molecule has 0 spiro atoms. The van der Waals surface area contributed by atoms with Gasteiger partial charge in [0.2, 0.25) is 5.43 Å². The molecule has 0 aromatic heterocycles. The normalized spacial score (nSPS) is 10.7. The van der Waals surface area contributed by atoms with E-state index in [0.717, 1.165) is 0 Å². The molecule has 5 nitrogen and oxygen atoms in total. The van der Waals surface area contributed by atoms with Crippen LogP contribution in [0.2, 0.25) is 0 Å². The fraction of sp³-hybridized carbons (Fsp3) is 0.308. The minimum atomic E-state index is -0.252. The van der Waals surface area contributed by atoms with Crippen molar-refractivity contribution in [1.29, 1.82) is 0 Å². The van der Waals surface area contributed by atoms with Gasteiger partial charge in [-0.05, 0) is 6.92 Å². The second-order valence-corrected chi connectivity index (χ2v) is 4.12. The van der Waals surface area contributed by atoms with Crippen LogP contribution in [0.25, 0.3) is 11.1 Å². The van der Waals surface area contributed by atoms with Crippen LogP contribution in [-0.2, 0) is 7.05 Å². The molecule has 0 bridgehead atoms. The molecule has 18 heavy (non-hydrogen) atoms. The van der Waals surface area contributed by atoms with Crippen LogP contribution in [-0.4, -0.2) is 23.9 Å². The Hall–Kier alpha value is -2.17. The Morgan fingerprint density at radius 2 is 1.89 bits per heavy atom. The summed E-state index contributed by atoms with van der Waals surface area (Å²) in [5, 5.41) is 10.2. The Morgan fingerprint density at radius 1 is 1.22 bits per heavy atom. The molecule has 0 aromatic rings. The number of pyridine rings is 1. The van der Waals surface area contributed by atoms with Gasteiger partial charge in [-0.25, -0.2) is 0 Å². The standard InChI is InChI=1S/C13H15NO4/c1-7-11(15)10-8(12(16)13(7)18-4)5-14(2)6-9(10)17-3/h5-6,15H,1-4H3. The summed E-state index contributed by atoms with van der Waals surface area (Å²) in [5.41, 5.74) is 0.954. The molecule has 96 valence electrons. The maximum Gasteiger partial charge on any atom is 0.230 e. The molecule has 0 unspecified atom stereocenters. The quantitative estimate of drug-likeness (QED) is 0.876. The average molecular weight is 249 g/mol. The lowest BCUT2D eigenvalue weighted by Crippen LogP contribution is -2.13. The van der Waals surface area contributed by atoms with Crippen LogP contribution in [0, 0.1) is 6.92 Å². The van der Waals surface area contributed by atoms with E-state index in [1.165, 1.54) is 14.2 Å². The predicted molar refractivity (Wildman–Crippen MR) is 67.8 cm³/mol. The van der Waals surface area contributed by atoms with E-state index in [-0.39, 0.29) is 16.9 Å². The summed E-state index contributed by atoms with van der Waals surface area (Å²) in [7, 11) is 4.69. The predicted octanol–water partition coefficient (Wildman–Crippen LogP) is 1.52. The van der Waals surface area contributed by atoms with Crippen molar-refractivity contribution in [3.8, 4) is 28.4 Å². The lowest BCUT2D eigenvalue weighted by molar-refractivity contribution is 0.393. The number of methoxy groups -OCH3 is 2. The van der Waals surface area contributed by atoms with E-state index in [1.54, 1.807) is 30.9 Å². The molecule has 0 radical (unpaired) electrons. The van der Waals surface area contributed by atoms with Crippen LogP contribution in [0.4, 0.5) is 0 Å². The topological polar surface area (TPSA) is 60.7 Å². The number of hydrogen-bond donors (Lipinski definition) is 1. The molecular formula is C13H15NO4. The first kappa shape index (κ1) is 12.3. The van der Waals surface area contributed by atoms with Crippen molar-refractivity contribution in [3.05, 3.63) is 28.2 Å². The van der Waals surface area contributed by atoms with E-state index >= 15 is 0 Å². The van der Waals surface area contributed by atoms with Gasteiger partial charge in [-0.3, -0.25) is 4.79 Å². The summed E-state index contributed by atoms with van der Waals surface area (Å²) in [6.07, 6.45) is 3.34. The highest BCUT2D eigenvalue weighted by molar-refractivity contribution is 5.80. The third-order valence-corrected chi connectivity index (χ3v) is 2.98. The zero-order chi connectivity index (χ0) is 13.4. The van der Waals surface area contributed by atoms with Gasteiger partial charge < -0.3 is 19.1 Å². The summed E-state index contributed by atoms with van der Waals surface area (Å²) in [6.45, 7) is 1.64. The molecule has 5 heteroatoms. The molecule has 1 heterocycles. The number of rotatable bonds is 2. The van der Waals surface area contributed by atoms with Crippen molar-refractivity contribution in [1.82, 2.24) is 4.57 Å². The van der Waals surface area contributed by atoms with Crippen LogP contribution >= 0.6 is 0 Å². The Bertz CT molecular complexity index is 630. The first-order valence-electron chi connectivity index (χ1n) is 5.44. The van der Waals surface area contributed by atoms with E-state index in [1.807, 2.05) is 0 Å². The number of aromatic hydroxyl groups is 1. The zero-order valence-electron chi connectivity index (χ0n) is 10.8. The molecule has 1 N–H and O–H groups in total. The van der Waals surface area contributed by atoms with Crippen LogP contribution in [0.15, 0.2) is 17.2 Å².